The van der Waals surface area contributed by atoms with Crippen molar-refractivity contribution in [3.8, 4) is 0 Å². The quantitative estimate of drug-likeness (QED) is 0.854. The fourth-order valence-electron chi connectivity index (χ4n) is 2.78. The van der Waals surface area contributed by atoms with Crippen molar-refractivity contribution in [1.82, 2.24) is 14.9 Å². The summed E-state index contributed by atoms with van der Waals surface area (Å²) in [7, 11) is 3.49. The number of pyridine rings is 2. The highest BCUT2D eigenvalue weighted by Crippen LogP contribution is 2.30. The van der Waals surface area contributed by atoms with Crippen LogP contribution in [0, 0.1) is 6.92 Å². The number of amides is 1. The number of hydrogen-bond donors (Lipinski definition) is 0. The van der Waals surface area contributed by atoms with Crippen LogP contribution in [0.1, 0.15) is 28.9 Å². The van der Waals surface area contributed by atoms with E-state index in [9.17, 15) is 4.79 Å². The molecule has 5 nitrogen and oxygen atoms in total. The van der Waals surface area contributed by atoms with Gasteiger partial charge >= 0.3 is 0 Å². The third-order valence-electron chi connectivity index (χ3n) is 3.90. The Morgan fingerprint density at radius 1 is 1.23 bits per heavy atom. The number of carbonyl (C=O) groups excluding carboxylic acids is 1. The highest BCUT2D eigenvalue weighted by atomic mass is 35.5. The fourth-order valence-corrected chi connectivity index (χ4v) is 3.08. The second-order valence-corrected chi connectivity index (χ2v) is 6.28. The molecule has 2 aromatic rings. The van der Waals surface area contributed by atoms with Crippen molar-refractivity contribution in [3.63, 3.8) is 0 Å². The SMILES string of the molecule is Cc1cc(Cl)c2cc(C(=O)N(C)C)c(N3CCCC3)nc2n1. The Hall–Kier alpha value is -1.88. The van der Waals surface area contributed by atoms with Gasteiger partial charge in [-0.15, -0.1) is 0 Å². The van der Waals surface area contributed by atoms with Gasteiger partial charge in [0.05, 0.1) is 10.6 Å². The molecular formula is C16H19ClN4O. The molecule has 22 heavy (non-hydrogen) atoms. The van der Waals surface area contributed by atoms with Crippen LogP contribution in [-0.4, -0.2) is 48.0 Å². The Morgan fingerprint density at radius 2 is 1.91 bits per heavy atom. The summed E-state index contributed by atoms with van der Waals surface area (Å²) in [6, 6.07) is 3.62. The predicted octanol–water partition coefficient (Wildman–Crippen LogP) is 2.89. The smallest absolute Gasteiger partial charge is 0.257 e. The average molecular weight is 319 g/mol. The first-order chi connectivity index (χ1) is 10.5. The van der Waals surface area contributed by atoms with Crippen LogP contribution >= 0.6 is 11.6 Å². The minimum Gasteiger partial charge on any atom is -0.356 e. The molecule has 1 saturated heterocycles. The van der Waals surface area contributed by atoms with E-state index in [0.29, 0.717) is 16.2 Å². The monoisotopic (exact) mass is 318 g/mol. The molecule has 3 heterocycles. The maximum absolute atomic E-state index is 12.5. The first-order valence-electron chi connectivity index (χ1n) is 7.42. The van der Waals surface area contributed by atoms with E-state index in [1.54, 1.807) is 25.1 Å². The summed E-state index contributed by atoms with van der Waals surface area (Å²) in [5.74, 6) is 0.658. The minimum absolute atomic E-state index is 0.0621. The number of anilines is 1. The molecule has 3 rings (SSSR count). The van der Waals surface area contributed by atoms with Crippen LogP contribution in [0.3, 0.4) is 0 Å². The van der Waals surface area contributed by atoms with Crippen molar-refractivity contribution >= 4 is 34.4 Å². The lowest BCUT2D eigenvalue weighted by atomic mass is 10.1. The van der Waals surface area contributed by atoms with Gasteiger partial charge in [-0.3, -0.25) is 4.79 Å². The van der Waals surface area contributed by atoms with Crippen LogP contribution in [0.4, 0.5) is 5.82 Å². The van der Waals surface area contributed by atoms with Crippen molar-refractivity contribution < 1.29 is 4.79 Å². The zero-order valence-electron chi connectivity index (χ0n) is 13.1. The molecular weight excluding hydrogens is 300 g/mol. The summed E-state index contributed by atoms with van der Waals surface area (Å²) in [5.41, 5.74) is 2.01. The Balaban J connectivity index is 2.24. The van der Waals surface area contributed by atoms with Crippen LogP contribution in [0.15, 0.2) is 12.1 Å². The number of carbonyl (C=O) groups is 1. The summed E-state index contributed by atoms with van der Waals surface area (Å²) in [6.07, 6.45) is 2.24. The summed E-state index contributed by atoms with van der Waals surface area (Å²) < 4.78 is 0. The molecule has 2 aromatic heterocycles. The van der Waals surface area contributed by atoms with Crippen molar-refractivity contribution in [1.29, 1.82) is 0 Å². The Kier molecular flexibility index (Phi) is 3.91. The number of nitrogens with zero attached hydrogens (tertiary/aromatic N) is 4. The Morgan fingerprint density at radius 3 is 2.55 bits per heavy atom. The predicted molar refractivity (Wildman–Crippen MR) is 88.7 cm³/mol. The molecule has 6 heteroatoms. The second kappa shape index (κ2) is 5.72. The molecule has 1 fully saturated rings. The van der Waals surface area contributed by atoms with E-state index in [4.69, 9.17) is 11.6 Å². The summed E-state index contributed by atoms with van der Waals surface area (Å²) in [6.45, 7) is 3.74. The molecule has 0 atom stereocenters. The minimum atomic E-state index is -0.0621. The zero-order chi connectivity index (χ0) is 15.9. The highest BCUT2D eigenvalue weighted by Gasteiger charge is 2.24. The lowest BCUT2D eigenvalue weighted by molar-refractivity contribution is 0.0828. The van der Waals surface area contributed by atoms with Crippen LogP contribution in [-0.2, 0) is 0 Å². The Bertz CT molecular complexity index is 738. The summed E-state index contributed by atoms with van der Waals surface area (Å²) in [4.78, 5) is 25.4. The maximum Gasteiger partial charge on any atom is 0.257 e. The maximum atomic E-state index is 12.5. The van der Waals surface area contributed by atoms with Gasteiger partial charge in [0, 0.05) is 38.3 Å². The van der Waals surface area contributed by atoms with Gasteiger partial charge in [-0.2, -0.15) is 0 Å². The van der Waals surface area contributed by atoms with Gasteiger partial charge < -0.3 is 9.80 Å². The molecule has 1 aliphatic heterocycles. The summed E-state index contributed by atoms with van der Waals surface area (Å²) in [5, 5.41) is 1.30. The molecule has 0 bridgehead atoms. The van der Waals surface area contributed by atoms with E-state index in [1.165, 1.54) is 0 Å². The number of rotatable bonds is 2. The first kappa shape index (κ1) is 15.0. The lowest BCUT2D eigenvalue weighted by Crippen LogP contribution is -2.27. The van der Waals surface area contributed by atoms with Gasteiger partial charge in [0.2, 0.25) is 0 Å². The number of aromatic nitrogens is 2. The van der Waals surface area contributed by atoms with Crippen LogP contribution in [0.2, 0.25) is 5.02 Å². The molecule has 0 aromatic carbocycles. The topological polar surface area (TPSA) is 49.3 Å². The van der Waals surface area contributed by atoms with E-state index in [-0.39, 0.29) is 5.91 Å². The van der Waals surface area contributed by atoms with Crippen molar-refractivity contribution in [3.05, 3.63) is 28.4 Å². The number of aryl methyl sites for hydroxylation is 1. The van der Waals surface area contributed by atoms with Crippen LogP contribution in [0.5, 0.6) is 0 Å². The van der Waals surface area contributed by atoms with E-state index in [2.05, 4.69) is 14.9 Å². The van der Waals surface area contributed by atoms with Gasteiger partial charge in [0.1, 0.15) is 5.82 Å². The molecule has 116 valence electrons. The number of fused-ring (bicyclic) bond motifs is 1. The summed E-state index contributed by atoms with van der Waals surface area (Å²) >= 11 is 6.31. The van der Waals surface area contributed by atoms with E-state index >= 15 is 0 Å². The standard InChI is InChI=1S/C16H19ClN4O/c1-10-8-13(17)11-9-12(16(22)20(2)3)15(19-14(11)18-10)21-6-4-5-7-21/h8-9H,4-7H2,1-3H3. The normalized spacial score (nSPS) is 14.6. The molecule has 0 radical (unpaired) electrons. The van der Waals surface area contributed by atoms with Gasteiger partial charge in [-0.25, -0.2) is 9.97 Å². The lowest BCUT2D eigenvalue weighted by Gasteiger charge is -2.22. The molecule has 0 aliphatic carbocycles. The molecule has 0 saturated carbocycles. The molecule has 1 amide bonds. The van der Waals surface area contributed by atoms with Crippen molar-refractivity contribution in [2.24, 2.45) is 0 Å². The second-order valence-electron chi connectivity index (χ2n) is 5.87. The fraction of sp³-hybridized carbons (Fsp3) is 0.438. The van der Waals surface area contributed by atoms with Crippen LogP contribution in [0.25, 0.3) is 11.0 Å². The van der Waals surface area contributed by atoms with E-state index < -0.39 is 0 Å². The Labute approximate surface area is 134 Å². The first-order valence-corrected chi connectivity index (χ1v) is 7.79. The number of hydrogen-bond acceptors (Lipinski definition) is 4. The van der Waals surface area contributed by atoms with Crippen molar-refractivity contribution in [2.75, 3.05) is 32.1 Å². The van der Waals surface area contributed by atoms with Gasteiger partial charge in [-0.1, -0.05) is 11.6 Å². The third kappa shape index (κ3) is 2.61. The van der Waals surface area contributed by atoms with E-state index in [1.807, 2.05) is 13.0 Å². The molecule has 0 spiro atoms. The van der Waals surface area contributed by atoms with Gasteiger partial charge in [0.25, 0.3) is 5.91 Å². The van der Waals surface area contributed by atoms with E-state index in [0.717, 1.165) is 42.8 Å². The number of halogens is 1. The average Bonchev–Trinajstić information content (AvgIpc) is 2.99. The largest absolute Gasteiger partial charge is 0.356 e. The van der Waals surface area contributed by atoms with Crippen molar-refractivity contribution in [2.45, 2.75) is 19.8 Å². The van der Waals surface area contributed by atoms with Gasteiger partial charge in [-0.05, 0) is 31.9 Å². The third-order valence-corrected chi connectivity index (χ3v) is 4.21. The molecule has 1 aliphatic rings. The molecule has 0 unspecified atom stereocenters. The zero-order valence-corrected chi connectivity index (χ0v) is 13.8. The molecule has 0 N–H and O–H groups in total. The van der Waals surface area contributed by atoms with Crippen LogP contribution < -0.4 is 4.90 Å². The highest BCUT2D eigenvalue weighted by molar-refractivity contribution is 6.35. The van der Waals surface area contributed by atoms with Gasteiger partial charge in [0.15, 0.2) is 5.65 Å².